The maximum atomic E-state index is 6.41. The Morgan fingerprint density at radius 2 is 2.00 bits per heavy atom. The molecule has 0 fully saturated rings. The van der Waals surface area contributed by atoms with Gasteiger partial charge in [-0.25, -0.2) is 4.68 Å². The number of halogens is 1. The van der Waals surface area contributed by atoms with E-state index in [0.29, 0.717) is 5.92 Å². The van der Waals surface area contributed by atoms with E-state index in [9.17, 15) is 0 Å². The minimum absolute atomic E-state index is 0.406. The lowest BCUT2D eigenvalue weighted by Gasteiger charge is -2.06. The average molecular weight is 263 g/mol. The summed E-state index contributed by atoms with van der Waals surface area (Å²) in [5.41, 5.74) is 4.68. The summed E-state index contributed by atoms with van der Waals surface area (Å²) in [5.74, 6) is 0.406. The monoisotopic (exact) mass is 262 g/mol. The van der Waals surface area contributed by atoms with Gasteiger partial charge in [0.15, 0.2) is 0 Å². The van der Waals surface area contributed by atoms with Gasteiger partial charge in [-0.3, -0.25) is 0 Å². The van der Waals surface area contributed by atoms with Crippen LogP contribution in [-0.4, -0.2) is 9.78 Å². The number of rotatable bonds is 3. The maximum absolute atomic E-state index is 6.41. The smallest absolute Gasteiger partial charge is 0.131 e. The normalized spacial score (nSPS) is 11.2. The molecule has 0 N–H and O–H groups in total. The molecule has 1 aromatic heterocycles. The molecule has 3 heteroatoms. The van der Waals surface area contributed by atoms with Crippen LogP contribution in [0.1, 0.15) is 42.1 Å². The lowest BCUT2D eigenvalue weighted by molar-refractivity contribution is 0.679. The molecule has 0 saturated heterocycles. The summed E-state index contributed by atoms with van der Waals surface area (Å²) in [6.45, 7) is 9.14. The van der Waals surface area contributed by atoms with Gasteiger partial charge in [-0.05, 0) is 25.3 Å². The second-order valence-corrected chi connectivity index (χ2v) is 5.45. The van der Waals surface area contributed by atoms with Gasteiger partial charge in [0.2, 0.25) is 0 Å². The van der Waals surface area contributed by atoms with Crippen LogP contribution in [0, 0.1) is 13.8 Å². The number of nitrogens with zero attached hydrogens (tertiary/aromatic N) is 2. The summed E-state index contributed by atoms with van der Waals surface area (Å²) < 4.78 is 1.89. The third-order valence-electron chi connectivity index (χ3n) is 3.10. The molecule has 2 nitrogen and oxygen atoms in total. The summed E-state index contributed by atoms with van der Waals surface area (Å²) >= 11 is 6.41. The topological polar surface area (TPSA) is 17.8 Å². The van der Waals surface area contributed by atoms with Crippen LogP contribution >= 0.6 is 11.6 Å². The molecule has 0 aliphatic heterocycles. The molecule has 2 aromatic rings. The van der Waals surface area contributed by atoms with Crippen LogP contribution in [0.5, 0.6) is 0 Å². The van der Waals surface area contributed by atoms with E-state index in [1.807, 2.05) is 11.6 Å². The summed E-state index contributed by atoms with van der Waals surface area (Å²) in [6, 6.07) is 8.44. The Morgan fingerprint density at radius 3 is 2.56 bits per heavy atom. The van der Waals surface area contributed by atoms with Crippen molar-refractivity contribution in [2.24, 2.45) is 0 Å². The van der Waals surface area contributed by atoms with Crippen molar-refractivity contribution in [2.75, 3.05) is 0 Å². The number of aromatic nitrogens is 2. The Morgan fingerprint density at radius 1 is 1.28 bits per heavy atom. The average Bonchev–Trinajstić information content (AvgIpc) is 2.54. The second kappa shape index (κ2) is 5.15. The third-order valence-corrected chi connectivity index (χ3v) is 3.50. The molecule has 0 aliphatic carbocycles. The largest absolute Gasteiger partial charge is 0.249 e. The fourth-order valence-electron chi connectivity index (χ4n) is 2.31. The first-order valence-electron chi connectivity index (χ1n) is 6.27. The minimum atomic E-state index is 0.406. The van der Waals surface area contributed by atoms with Crippen LogP contribution in [0.25, 0.3) is 0 Å². The Hall–Kier alpha value is -1.28. The minimum Gasteiger partial charge on any atom is -0.249 e. The maximum Gasteiger partial charge on any atom is 0.131 e. The van der Waals surface area contributed by atoms with Crippen molar-refractivity contribution in [3.63, 3.8) is 0 Å². The van der Waals surface area contributed by atoms with Crippen molar-refractivity contribution in [1.82, 2.24) is 9.78 Å². The highest BCUT2D eigenvalue weighted by Gasteiger charge is 2.16. The molecular weight excluding hydrogens is 244 g/mol. The van der Waals surface area contributed by atoms with Crippen molar-refractivity contribution in [3.8, 4) is 0 Å². The lowest BCUT2D eigenvalue weighted by Crippen LogP contribution is -2.02. The number of aryl methyl sites for hydroxylation is 2. The number of hydrogen-bond acceptors (Lipinski definition) is 1. The highest BCUT2D eigenvalue weighted by molar-refractivity contribution is 6.30. The first kappa shape index (κ1) is 13.2. The Balaban J connectivity index is 2.33. The summed E-state index contributed by atoms with van der Waals surface area (Å²) in [4.78, 5) is 0. The first-order valence-corrected chi connectivity index (χ1v) is 6.65. The van der Waals surface area contributed by atoms with Gasteiger partial charge in [-0.2, -0.15) is 5.10 Å². The van der Waals surface area contributed by atoms with Crippen LogP contribution in [0.2, 0.25) is 5.15 Å². The zero-order valence-corrected chi connectivity index (χ0v) is 12.1. The van der Waals surface area contributed by atoms with E-state index < -0.39 is 0 Å². The Kier molecular flexibility index (Phi) is 3.76. The van der Waals surface area contributed by atoms with Gasteiger partial charge in [0.25, 0.3) is 0 Å². The molecule has 0 atom stereocenters. The molecule has 0 aliphatic rings. The third kappa shape index (κ3) is 2.59. The van der Waals surface area contributed by atoms with Crippen LogP contribution in [0.4, 0.5) is 0 Å². The second-order valence-electron chi connectivity index (χ2n) is 5.09. The number of benzene rings is 1. The van der Waals surface area contributed by atoms with E-state index in [0.717, 1.165) is 23.0 Å². The van der Waals surface area contributed by atoms with Crippen molar-refractivity contribution in [2.45, 2.75) is 40.2 Å². The molecule has 2 rings (SSSR count). The highest BCUT2D eigenvalue weighted by atomic mass is 35.5. The molecule has 1 heterocycles. The molecule has 0 unspecified atom stereocenters. The SMILES string of the molecule is Cc1cccc(Cn2nc(C)c(C(C)C)c2Cl)c1. The van der Waals surface area contributed by atoms with E-state index in [1.54, 1.807) is 0 Å². The Bertz CT molecular complexity index is 556. The molecule has 18 heavy (non-hydrogen) atoms. The highest BCUT2D eigenvalue weighted by Crippen LogP contribution is 2.27. The van der Waals surface area contributed by atoms with Gasteiger partial charge in [0, 0.05) is 5.56 Å². The lowest BCUT2D eigenvalue weighted by atomic mass is 10.1. The first-order chi connectivity index (χ1) is 8.49. The van der Waals surface area contributed by atoms with Crippen molar-refractivity contribution >= 4 is 11.6 Å². The molecule has 0 amide bonds. The number of hydrogen-bond donors (Lipinski definition) is 0. The zero-order valence-electron chi connectivity index (χ0n) is 11.4. The van der Waals surface area contributed by atoms with Gasteiger partial charge >= 0.3 is 0 Å². The van der Waals surface area contributed by atoms with Gasteiger partial charge in [0.05, 0.1) is 12.2 Å². The van der Waals surface area contributed by atoms with E-state index in [-0.39, 0.29) is 0 Å². The van der Waals surface area contributed by atoms with Gasteiger partial charge in [0.1, 0.15) is 5.15 Å². The van der Waals surface area contributed by atoms with Gasteiger partial charge in [-0.1, -0.05) is 55.3 Å². The van der Waals surface area contributed by atoms with Crippen LogP contribution in [-0.2, 0) is 6.54 Å². The predicted molar refractivity (Wildman–Crippen MR) is 76.3 cm³/mol. The van der Waals surface area contributed by atoms with Crippen LogP contribution in [0.3, 0.4) is 0 Å². The molecule has 96 valence electrons. The van der Waals surface area contributed by atoms with Crippen LogP contribution in [0.15, 0.2) is 24.3 Å². The van der Waals surface area contributed by atoms with E-state index in [2.05, 4.69) is 50.1 Å². The quantitative estimate of drug-likeness (QED) is 0.805. The fourth-order valence-corrected chi connectivity index (χ4v) is 2.76. The summed E-state index contributed by atoms with van der Waals surface area (Å²) in [6.07, 6.45) is 0. The van der Waals surface area contributed by atoms with Crippen molar-refractivity contribution in [1.29, 1.82) is 0 Å². The van der Waals surface area contributed by atoms with E-state index in [1.165, 1.54) is 11.1 Å². The van der Waals surface area contributed by atoms with Crippen LogP contribution < -0.4 is 0 Å². The molecule has 1 aromatic carbocycles. The van der Waals surface area contributed by atoms with Crippen molar-refractivity contribution in [3.05, 3.63) is 51.8 Å². The summed E-state index contributed by atoms with van der Waals surface area (Å²) in [7, 11) is 0. The Labute approximate surface area is 114 Å². The molecule has 0 saturated carbocycles. The summed E-state index contributed by atoms with van der Waals surface area (Å²) in [5, 5.41) is 5.31. The van der Waals surface area contributed by atoms with E-state index >= 15 is 0 Å². The molecule has 0 spiro atoms. The van der Waals surface area contributed by atoms with Crippen molar-refractivity contribution < 1.29 is 0 Å². The molecule has 0 bridgehead atoms. The molecular formula is C15H19ClN2. The fraction of sp³-hybridized carbons (Fsp3) is 0.400. The van der Waals surface area contributed by atoms with E-state index in [4.69, 9.17) is 11.6 Å². The zero-order chi connectivity index (χ0) is 13.3. The molecule has 0 radical (unpaired) electrons. The predicted octanol–water partition coefficient (Wildman–Crippen LogP) is 4.33. The van der Waals surface area contributed by atoms with Gasteiger partial charge < -0.3 is 0 Å². The standard InChI is InChI=1S/C15H19ClN2/c1-10(2)14-12(4)17-18(15(14)16)9-13-7-5-6-11(3)8-13/h5-8,10H,9H2,1-4H3. The van der Waals surface area contributed by atoms with Gasteiger partial charge in [-0.15, -0.1) is 0 Å².